The van der Waals surface area contributed by atoms with E-state index in [-0.39, 0.29) is 0 Å². The summed E-state index contributed by atoms with van der Waals surface area (Å²) in [6.45, 7) is 1.86. The van der Waals surface area contributed by atoms with Crippen molar-refractivity contribution in [3.63, 3.8) is 0 Å². The molecule has 0 aromatic carbocycles. The van der Waals surface area contributed by atoms with Gasteiger partial charge >= 0.3 is 0 Å². The standard InChI is InChI=1S/C9H9ClN2/c1-7-9(11)5-8(6-12-7)3-2-4-10/h5-6H,4,11H2,1H3. The van der Waals surface area contributed by atoms with Crippen LogP contribution in [-0.4, -0.2) is 10.9 Å². The molecule has 0 radical (unpaired) electrons. The molecule has 1 aromatic rings. The van der Waals surface area contributed by atoms with E-state index < -0.39 is 0 Å². The number of nitrogen functional groups attached to an aromatic ring is 1. The van der Waals surface area contributed by atoms with Gasteiger partial charge < -0.3 is 5.73 Å². The topological polar surface area (TPSA) is 38.9 Å². The maximum atomic E-state index is 5.63. The van der Waals surface area contributed by atoms with Crippen LogP contribution in [0.15, 0.2) is 12.3 Å². The molecule has 0 saturated heterocycles. The number of nitrogens with zero attached hydrogens (tertiary/aromatic N) is 1. The lowest BCUT2D eigenvalue weighted by Gasteiger charge is -1.97. The van der Waals surface area contributed by atoms with Gasteiger partial charge in [0.1, 0.15) is 0 Å². The zero-order valence-corrected chi connectivity index (χ0v) is 7.52. The van der Waals surface area contributed by atoms with Gasteiger partial charge in [0.2, 0.25) is 0 Å². The van der Waals surface area contributed by atoms with Crippen LogP contribution < -0.4 is 5.73 Å². The maximum Gasteiger partial charge on any atom is 0.0839 e. The number of hydrogen-bond acceptors (Lipinski definition) is 2. The third-order valence-corrected chi connectivity index (χ3v) is 1.56. The Hall–Kier alpha value is -1.20. The molecule has 0 bridgehead atoms. The molecule has 1 rings (SSSR count). The summed E-state index contributed by atoms with van der Waals surface area (Å²) in [7, 11) is 0. The van der Waals surface area contributed by atoms with E-state index in [1.165, 1.54) is 0 Å². The summed E-state index contributed by atoms with van der Waals surface area (Å²) in [6.07, 6.45) is 1.69. The van der Waals surface area contributed by atoms with Crippen molar-refractivity contribution in [1.29, 1.82) is 0 Å². The first-order valence-corrected chi connectivity index (χ1v) is 4.04. The third kappa shape index (κ3) is 2.14. The average Bonchev–Trinajstić information content (AvgIpc) is 2.07. The summed E-state index contributed by atoms with van der Waals surface area (Å²) in [4.78, 5) is 4.06. The van der Waals surface area contributed by atoms with Gasteiger partial charge in [-0.2, -0.15) is 0 Å². The number of aromatic nitrogens is 1. The SMILES string of the molecule is Cc1ncc(C#CCCl)cc1N. The Bertz CT molecular complexity index is 336. The molecule has 0 saturated carbocycles. The number of halogens is 1. The normalized spacial score (nSPS) is 8.83. The van der Waals surface area contributed by atoms with Crippen molar-refractivity contribution in [2.24, 2.45) is 0 Å². The molecule has 0 fully saturated rings. The van der Waals surface area contributed by atoms with E-state index in [2.05, 4.69) is 16.8 Å². The molecule has 0 unspecified atom stereocenters. The van der Waals surface area contributed by atoms with Crippen molar-refractivity contribution >= 4 is 17.3 Å². The molecule has 2 nitrogen and oxygen atoms in total. The lowest BCUT2D eigenvalue weighted by atomic mass is 10.2. The monoisotopic (exact) mass is 180 g/mol. The summed E-state index contributed by atoms with van der Waals surface area (Å²) >= 11 is 5.40. The van der Waals surface area contributed by atoms with Crippen molar-refractivity contribution in [3.8, 4) is 11.8 Å². The van der Waals surface area contributed by atoms with Crippen LogP contribution in [-0.2, 0) is 0 Å². The van der Waals surface area contributed by atoms with Crippen LogP contribution in [0.3, 0.4) is 0 Å². The van der Waals surface area contributed by atoms with Crippen LogP contribution in [0.1, 0.15) is 11.3 Å². The van der Waals surface area contributed by atoms with Gasteiger partial charge in [0.25, 0.3) is 0 Å². The predicted octanol–water partition coefficient (Wildman–Crippen LogP) is 1.56. The highest BCUT2D eigenvalue weighted by Gasteiger charge is 1.93. The number of nitrogens with two attached hydrogens (primary N) is 1. The van der Waals surface area contributed by atoms with Crippen molar-refractivity contribution in [2.45, 2.75) is 6.92 Å². The van der Waals surface area contributed by atoms with Crippen LogP contribution in [0, 0.1) is 18.8 Å². The van der Waals surface area contributed by atoms with Gasteiger partial charge in [-0.1, -0.05) is 11.8 Å². The van der Waals surface area contributed by atoms with Gasteiger partial charge in [-0.3, -0.25) is 4.98 Å². The maximum absolute atomic E-state index is 5.63. The lowest BCUT2D eigenvalue weighted by molar-refractivity contribution is 1.20. The van der Waals surface area contributed by atoms with E-state index in [4.69, 9.17) is 17.3 Å². The van der Waals surface area contributed by atoms with E-state index >= 15 is 0 Å². The largest absolute Gasteiger partial charge is 0.397 e. The molecule has 12 heavy (non-hydrogen) atoms. The second kappa shape index (κ2) is 3.99. The highest BCUT2D eigenvalue weighted by Crippen LogP contribution is 2.08. The fourth-order valence-electron chi connectivity index (χ4n) is 0.754. The Morgan fingerprint density at radius 1 is 1.67 bits per heavy atom. The number of pyridine rings is 1. The number of hydrogen-bond donors (Lipinski definition) is 1. The van der Waals surface area contributed by atoms with E-state index in [0.717, 1.165) is 11.3 Å². The Balaban J connectivity index is 2.97. The Morgan fingerprint density at radius 2 is 2.42 bits per heavy atom. The smallest absolute Gasteiger partial charge is 0.0839 e. The van der Waals surface area contributed by atoms with Crippen molar-refractivity contribution in [2.75, 3.05) is 11.6 Å². The van der Waals surface area contributed by atoms with Crippen molar-refractivity contribution in [3.05, 3.63) is 23.5 Å². The molecule has 1 aromatic heterocycles. The van der Waals surface area contributed by atoms with Gasteiger partial charge in [0.05, 0.1) is 17.3 Å². The molecule has 0 aliphatic rings. The summed E-state index contributed by atoms with van der Waals surface area (Å²) in [5.74, 6) is 5.90. The van der Waals surface area contributed by atoms with Crippen molar-refractivity contribution < 1.29 is 0 Å². The number of aryl methyl sites for hydroxylation is 1. The van der Waals surface area contributed by atoms with Crippen LogP contribution in [0.5, 0.6) is 0 Å². The minimum Gasteiger partial charge on any atom is -0.397 e. The Kier molecular flexibility index (Phi) is 2.95. The molecular weight excluding hydrogens is 172 g/mol. The van der Waals surface area contributed by atoms with Crippen molar-refractivity contribution in [1.82, 2.24) is 4.98 Å². The summed E-state index contributed by atoms with van der Waals surface area (Å²) in [5, 5.41) is 0. The fraction of sp³-hybridized carbons (Fsp3) is 0.222. The van der Waals surface area contributed by atoms with Gasteiger partial charge in [-0.15, -0.1) is 11.6 Å². The first-order chi connectivity index (χ1) is 5.74. The molecule has 0 atom stereocenters. The van der Waals surface area contributed by atoms with Gasteiger partial charge in [-0.05, 0) is 13.0 Å². The highest BCUT2D eigenvalue weighted by atomic mass is 35.5. The first-order valence-electron chi connectivity index (χ1n) is 3.51. The zero-order chi connectivity index (χ0) is 8.97. The highest BCUT2D eigenvalue weighted by molar-refractivity contribution is 6.19. The van der Waals surface area contributed by atoms with Crippen LogP contribution in [0.4, 0.5) is 5.69 Å². The van der Waals surface area contributed by atoms with Gasteiger partial charge in [-0.25, -0.2) is 0 Å². The second-order valence-corrected chi connectivity index (χ2v) is 2.60. The van der Waals surface area contributed by atoms with Crippen LogP contribution in [0.25, 0.3) is 0 Å². The molecule has 0 aliphatic heterocycles. The molecule has 3 heteroatoms. The molecule has 1 heterocycles. The quantitative estimate of drug-likeness (QED) is 0.486. The number of anilines is 1. The summed E-state index contributed by atoms with van der Waals surface area (Å²) in [5.41, 5.74) is 7.92. The van der Waals surface area contributed by atoms with E-state index in [9.17, 15) is 0 Å². The molecule has 2 N–H and O–H groups in total. The van der Waals surface area contributed by atoms with E-state index in [0.29, 0.717) is 11.6 Å². The fourth-order valence-corrected chi connectivity index (χ4v) is 0.821. The average molecular weight is 181 g/mol. The van der Waals surface area contributed by atoms with Gasteiger partial charge in [0, 0.05) is 11.8 Å². The first kappa shape index (κ1) is 8.89. The molecular formula is C9H9ClN2. The number of rotatable bonds is 0. The zero-order valence-electron chi connectivity index (χ0n) is 6.76. The van der Waals surface area contributed by atoms with E-state index in [1.54, 1.807) is 12.3 Å². The molecule has 0 aliphatic carbocycles. The summed E-state index contributed by atoms with van der Waals surface area (Å²) < 4.78 is 0. The third-order valence-electron chi connectivity index (χ3n) is 1.43. The predicted molar refractivity (Wildman–Crippen MR) is 51.0 cm³/mol. The van der Waals surface area contributed by atoms with Gasteiger partial charge in [0.15, 0.2) is 0 Å². The Morgan fingerprint density at radius 3 is 3.00 bits per heavy atom. The lowest BCUT2D eigenvalue weighted by Crippen LogP contribution is -1.93. The molecule has 62 valence electrons. The minimum absolute atomic E-state index is 0.327. The Labute approximate surface area is 76.8 Å². The second-order valence-electron chi connectivity index (χ2n) is 2.33. The number of alkyl halides is 1. The molecule has 0 amide bonds. The van der Waals surface area contributed by atoms with Crippen LogP contribution in [0.2, 0.25) is 0 Å². The summed E-state index contributed by atoms with van der Waals surface area (Å²) in [6, 6.07) is 1.79. The van der Waals surface area contributed by atoms with Crippen LogP contribution >= 0.6 is 11.6 Å². The van der Waals surface area contributed by atoms with E-state index in [1.807, 2.05) is 6.92 Å². The molecule has 0 spiro atoms. The minimum atomic E-state index is 0.327.